The van der Waals surface area contributed by atoms with Crippen molar-refractivity contribution in [3.8, 4) is 21.8 Å². The van der Waals surface area contributed by atoms with E-state index in [4.69, 9.17) is 5.73 Å². The van der Waals surface area contributed by atoms with Gasteiger partial charge in [0, 0.05) is 22.2 Å². The number of nitrogens with two attached hydrogens (primary N) is 1. The molecule has 0 saturated heterocycles. The Labute approximate surface area is 116 Å². The van der Waals surface area contributed by atoms with Gasteiger partial charge in [0.1, 0.15) is 5.01 Å². The Bertz CT molecular complexity index is 699. The molecule has 0 aliphatic carbocycles. The van der Waals surface area contributed by atoms with Gasteiger partial charge in [-0.05, 0) is 19.1 Å². The normalized spacial score (nSPS) is 10.6. The quantitative estimate of drug-likeness (QED) is 0.700. The van der Waals surface area contributed by atoms with Gasteiger partial charge in [-0.3, -0.25) is 0 Å². The second-order valence-electron chi connectivity index (χ2n) is 4.49. The van der Waals surface area contributed by atoms with Gasteiger partial charge in [-0.2, -0.15) is 0 Å². The van der Waals surface area contributed by atoms with Gasteiger partial charge in [-0.1, -0.05) is 42.0 Å². The summed E-state index contributed by atoms with van der Waals surface area (Å²) in [4.78, 5) is 4.68. The number of hydrogen-bond donors (Lipinski definition) is 1. The van der Waals surface area contributed by atoms with E-state index in [1.54, 1.807) is 11.3 Å². The molecule has 0 atom stereocenters. The van der Waals surface area contributed by atoms with Crippen LogP contribution in [-0.2, 0) is 0 Å². The molecule has 3 rings (SSSR count). The van der Waals surface area contributed by atoms with Gasteiger partial charge in [-0.15, -0.1) is 11.3 Å². The van der Waals surface area contributed by atoms with Crippen LogP contribution in [0, 0.1) is 6.92 Å². The van der Waals surface area contributed by atoms with Gasteiger partial charge in [-0.25, -0.2) is 4.98 Å². The van der Waals surface area contributed by atoms with E-state index in [9.17, 15) is 0 Å². The largest absolute Gasteiger partial charge is 0.398 e. The third kappa shape index (κ3) is 2.37. The van der Waals surface area contributed by atoms with Gasteiger partial charge < -0.3 is 5.73 Å². The molecule has 2 aromatic carbocycles. The number of thiazole rings is 1. The Kier molecular flexibility index (Phi) is 3.05. The van der Waals surface area contributed by atoms with E-state index in [0.29, 0.717) is 0 Å². The van der Waals surface area contributed by atoms with Crippen LogP contribution in [0.5, 0.6) is 0 Å². The molecule has 19 heavy (non-hydrogen) atoms. The first-order valence-corrected chi connectivity index (χ1v) is 6.99. The zero-order chi connectivity index (χ0) is 13.2. The summed E-state index contributed by atoms with van der Waals surface area (Å²) >= 11 is 1.62. The minimum absolute atomic E-state index is 0.771. The molecule has 0 saturated carbocycles. The molecule has 0 fully saturated rings. The molecule has 1 aromatic heterocycles. The van der Waals surface area contributed by atoms with Crippen molar-refractivity contribution >= 4 is 17.0 Å². The average Bonchev–Trinajstić information content (AvgIpc) is 2.89. The highest BCUT2D eigenvalue weighted by Gasteiger charge is 2.08. The van der Waals surface area contributed by atoms with Crippen LogP contribution in [0.4, 0.5) is 5.69 Å². The Morgan fingerprint density at radius 2 is 1.74 bits per heavy atom. The first-order valence-electron chi connectivity index (χ1n) is 6.11. The number of aromatic nitrogens is 1. The lowest BCUT2D eigenvalue weighted by Gasteiger charge is -2.00. The number of anilines is 1. The van der Waals surface area contributed by atoms with Gasteiger partial charge in [0.15, 0.2) is 0 Å². The van der Waals surface area contributed by atoms with E-state index in [2.05, 4.69) is 41.6 Å². The summed E-state index contributed by atoms with van der Waals surface area (Å²) < 4.78 is 0. The van der Waals surface area contributed by atoms with Crippen molar-refractivity contribution in [1.29, 1.82) is 0 Å². The summed E-state index contributed by atoms with van der Waals surface area (Å²) in [5, 5.41) is 3.04. The van der Waals surface area contributed by atoms with Crippen LogP contribution < -0.4 is 5.73 Å². The monoisotopic (exact) mass is 266 g/mol. The van der Waals surface area contributed by atoms with E-state index in [0.717, 1.165) is 27.5 Å². The van der Waals surface area contributed by atoms with Crippen LogP contribution in [0.25, 0.3) is 21.8 Å². The minimum Gasteiger partial charge on any atom is -0.398 e. The fourth-order valence-electron chi connectivity index (χ4n) is 1.95. The number of rotatable bonds is 2. The third-order valence-electron chi connectivity index (χ3n) is 3.04. The van der Waals surface area contributed by atoms with Crippen LogP contribution in [0.15, 0.2) is 53.9 Å². The maximum Gasteiger partial charge on any atom is 0.126 e. The summed E-state index contributed by atoms with van der Waals surface area (Å²) in [6.45, 7) is 2.08. The molecule has 3 aromatic rings. The maximum atomic E-state index is 5.99. The molecule has 2 nitrogen and oxygen atoms in total. The molecular weight excluding hydrogens is 252 g/mol. The predicted octanol–water partition coefficient (Wildman–Crippen LogP) is 4.37. The Balaban J connectivity index is 2.00. The molecule has 94 valence electrons. The standard InChI is InChI=1S/C16H14N2S/c1-11-6-8-12(9-7-11)15-10-19-16(18-15)13-4-2-3-5-14(13)17/h2-10H,17H2,1H3. The maximum absolute atomic E-state index is 5.99. The molecular formula is C16H14N2S. The zero-order valence-electron chi connectivity index (χ0n) is 10.6. The van der Waals surface area contributed by atoms with Crippen LogP contribution in [0.3, 0.4) is 0 Å². The Morgan fingerprint density at radius 1 is 1.00 bits per heavy atom. The molecule has 3 heteroatoms. The summed E-state index contributed by atoms with van der Waals surface area (Å²) in [7, 11) is 0. The van der Waals surface area contributed by atoms with E-state index < -0.39 is 0 Å². The lowest BCUT2D eigenvalue weighted by molar-refractivity contribution is 1.39. The predicted molar refractivity (Wildman–Crippen MR) is 82.1 cm³/mol. The van der Waals surface area contributed by atoms with Crippen molar-refractivity contribution in [2.24, 2.45) is 0 Å². The number of nitrogens with zero attached hydrogens (tertiary/aromatic N) is 1. The number of nitrogen functional groups attached to an aromatic ring is 1. The number of benzene rings is 2. The average molecular weight is 266 g/mol. The van der Waals surface area contributed by atoms with Gasteiger partial charge >= 0.3 is 0 Å². The third-order valence-corrected chi connectivity index (χ3v) is 3.92. The van der Waals surface area contributed by atoms with Gasteiger partial charge in [0.2, 0.25) is 0 Å². The van der Waals surface area contributed by atoms with Crippen LogP contribution in [0.1, 0.15) is 5.56 Å². The van der Waals surface area contributed by atoms with E-state index in [1.807, 2.05) is 24.3 Å². The second-order valence-corrected chi connectivity index (χ2v) is 5.35. The molecule has 0 unspecified atom stereocenters. The highest BCUT2D eigenvalue weighted by Crippen LogP contribution is 2.31. The van der Waals surface area contributed by atoms with Crippen molar-refractivity contribution in [2.75, 3.05) is 5.73 Å². The number of aryl methyl sites for hydroxylation is 1. The van der Waals surface area contributed by atoms with Crippen LogP contribution in [-0.4, -0.2) is 4.98 Å². The van der Waals surface area contributed by atoms with Crippen molar-refractivity contribution in [1.82, 2.24) is 4.98 Å². The lowest BCUT2D eigenvalue weighted by atomic mass is 10.1. The topological polar surface area (TPSA) is 38.9 Å². The molecule has 1 heterocycles. The van der Waals surface area contributed by atoms with Crippen LogP contribution in [0.2, 0.25) is 0 Å². The second kappa shape index (κ2) is 4.86. The van der Waals surface area contributed by atoms with E-state index in [1.165, 1.54) is 5.56 Å². The van der Waals surface area contributed by atoms with Gasteiger partial charge in [0.25, 0.3) is 0 Å². The fraction of sp³-hybridized carbons (Fsp3) is 0.0625. The number of para-hydroxylation sites is 1. The Morgan fingerprint density at radius 3 is 2.47 bits per heavy atom. The molecule has 2 N–H and O–H groups in total. The van der Waals surface area contributed by atoms with E-state index in [-0.39, 0.29) is 0 Å². The molecule has 0 aliphatic heterocycles. The van der Waals surface area contributed by atoms with Crippen LogP contribution >= 0.6 is 11.3 Å². The summed E-state index contributed by atoms with van der Waals surface area (Å²) in [6.07, 6.45) is 0. The fourth-order valence-corrected chi connectivity index (χ4v) is 2.82. The Hall–Kier alpha value is -2.13. The van der Waals surface area contributed by atoms with Gasteiger partial charge in [0.05, 0.1) is 5.69 Å². The number of hydrogen-bond acceptors (Lipinski definition) is 3. The lowest BCUT2D eigenvalue weighted by Crippen LogP contribution is -1.88. The highest BCUT2D eigenvalue weighted by atomic mass is 32.1. The SMILES string of the molecule is Cc1ccc(-c2csc(-c3ccccc3N)n2)cc1. The summed E-state index contributed by atoms with van der Waals surface area (Å²) in [6, 6.07) is 16.2. The molecule has 0 amide bonds. The first-order chi connectivity index (χ1) is 9.24. The minimum atomic E-state index is 0.771. The van der Waals surface area contributed by atoms with Crippen molar-refractivity contribution in [3.05, 3.63) is 59.5 Å². The molecule has 0 radical (unpaired) electrons. The van der Waals surface area contributed by atoms with E-state index >= 15 is 0 Å². The highest BCUT2D eigenvalue weighted by molar-refractivity contribution is 7.13. The molecule has 0 spiro atoms. The zero-order valence-corrected chi connectivity index (χ0v) is 11.4. The first kappa shape index (κ1) is 11.9. The van der Waals surface area contributed by atoms with Crippen molar-refractivity contribution in [3.63, 3.8) is 0 Å². The summed E-state index contributed by atoms with van der Waals surface area (Å²) in [5.74, 6) is 0. The molecule has 0 aliphatic rings. The summed E-state index contributed by atoms with van der Waals surface area (Å²) in [5.41, 5.74) is 11.2. The smallest absolute Gasteiger partial charge is 0.126 e. The molecule has 0 bridgehead atoms. The van der Waals surface area contributed by atoms with Crippen molar-refractivity contribution in [2.45, 2.75) is 6.92 Å². The van der Waals surface area contributed by atoms with Crippen molar-refractivity contribution < 1.29 is 0 Å².